The minimum atomic E-state index is -1.15. The van der Waals surface area contributed by atoms with E-state index >= 15 is 0 Å². The number of carbonyl (C=O) groups is 2. The number of carboxylic acids is 1. The van der Waals surface area contributed by atoms with Gasteiger partial charge in [-0.3, -0.25) is 4.90 Å². The highest BCUT2D eigenvalue weighted by Crippen LogP contribution is 2.32. The summed E-state index contributed by atoms with van der Waals surface area (Å²) in [5.41, 5.74) is 1.92. The lowest BCUT2D eigenvalue weighted by molar-refractivity contribution is 0.0689. The molecule has 0 radical (unpaired) electrons. The Balaban J connectivity index is 1.58. The smallest absolute Gasteiger partial charge is 0.356 e. The first-order chi connectivity index (χ1) is 14.4. The number of hydrogen-bond donors (Lipinski definition) is 1. The second kappa shape index (κ2) is 9.97. The zero-order valence-electron chi connectivity index (χ0n) is 16.6. The molecular formula is C21H23ClN4O3S. The number of aromatic carboxylic acids is 1. The van der Waals surface area contributed by atoms with Crippen LogP contribution in [0.2, 0.25) is 5.02 Å². The summed E-state index contributed by atoms with van der Waals surface area (Å²) in [7, 11) is 0. The van der Waals surface area contributed by atoms with Gasteiger partial charge in [0.25, 0.3) is 0 Å². The van der Waals surface area contributed by atoms with Crippen molar-refractivity contribution >= 4 is 40.3 Å². The predicted octanol–water partition coefficient (Wildman–Crippen LogP) is 4.26. The molecule has 0 bridgehead atoms. The third-order valence-electron chi connectivity index (χ3n) is 4.73. The number of piperazine rings is 1. The molecule has 1 N–H and O–H groups in total. The molecule has 1 aliphatic rings. The van der Waals surface area contributed by atoms with Gasteiger partial charge < -0.3 is 10.0 Å². The number of aromatic nitrogens is 2. The van der Waals surface area contributed by atoms with Gasteiger partial charge in [-0.2, -0.15) is 9.78 Å². The number of rotatable bonds is 6. The van der Waals surface area contributed by atoms with Crippen molar-refractivity contribution in [3.05, 3.63) is 70.4 Å². The maximum atomic E-state index is 12.5. The van der Waals surface area contributed by atoms with E-state index in [9.17, 15) is 9.59 Å². The molecular weight excluding hydrogens is 424 g/mol. The summed E-state index contributed by atoms with van der Waals surface area (Å²) in [5, 5.41) is 15.4. The number of thioether (sulfide) groups is 1. The third-order valence-corrected chi connectivity index (χ3v) is 5.97. The van der Waals surface area contributed by atoms with Crippen LogP contribution in [0.4, 0.5) is 4.79 Å². The molecule has 2 heterocycles. The van der Waals surface area contributed by atoms with Crippen LogP contribution >= 0.6 is 23.4 Å². The fourth-order valence-corrected chi connectivity index (χ4v) is 4.03. The zero-order chi connectivity index (χ0) is 21.7. The van der Waals surface area contributed by atoms with E-state index in [1.165, 1.54) is 12.3 Å². The van der Waals surface area contributed by atoms with Crippen molar-refractivity contribution in [1.82, 2.24) is 19.6 Å². The van der Waals surface area contributed by atoms with E-state index in [4.69, 9.17) is 16.7 Å². The highest BCUT2D eigenvalue weighted by Gasteiger charge is 2.23. The average Bonchev–Trinajstić information content (AvgIpc) is 3.24. The van der Waals surface area contributed by atoms with Gasteiger partial charge in [0.1, 0.15) is 0 Å². The highest BCUT2D eigenvalue weighted by atomic mass is 35.5. The van der Waals surface area contributed by atoms with E-state index < -0.39 is 5.97 Å². The van der Waals surface area contributed by atoms with Gasteiger partial charge in [-0.05, 0) is 36.1 Å². The Morgan fingerprint density at radius 2 is 2.00 bits per heavy atom. The first kappa shape index (κ1) is 22.1. The van der Waals surface area contributed by atoms with Gasteiger partial charge in [-0.25, -0.2) is 9.59 Å². The molecule has 0 aliphatic carbocycles. The van der Waals surface area contributed by atoms with Crippen molar-refractivity contribution < 1.29 is 14.7 Å². The van der Waals surface area contributed by atoms with Gasteiger partial charge in [-0.1, -0.05) is 42.1 Å². The lowest BCUT2D eigenvalue weighted by Gasteiger charge is -2.34. The van der Waals surface area contributed by atoms with Crippen LogP contribution in [0.1, 0.15) is 28.5 Å². The fraction of sp³-hybridized carbons (Fsp3) is 0.286. The fourth-order valence-electron chi connectivity index (χ4n) is 3.14. The number of carboxylic acid groups (broad SMARTS) is 1. The lowest BCUT2D eigenvalue weighted by atomic mass is 10.1. The first-order valence-electron chi connectivity index (χ1n) is 9.45. The second-order valence-corrected chi connectivity index (χ2v) is 8.23. The minimum Gasteiger partial charge on any atom is -0.476 e. The van der Waals surface area contributed by atoms with Crippen LogP contribution in [0.15, 0.2) is 48.5 Å². The molecule has 0 unspecified atom stereocenters. The normalized spacial score (nSPS) is 14.9. The number of hydrogen-bond acceptors (Lipinski definition) is 5. The van der Waals surface area contributed by atoms with Gasteiger partial charge in [0.15, 0.2) is 5.69 Å². The molecule has 1 aromatic carbocycles. The molecule has 0 spiro atoms. The molecule has 7 nitrogen and oxygen atoms in total. The van der Waals surface area contributed by atoms with Gasteiger partial charge in [0.05, 0.1) is 0 Å². The van der Waals surface area contributed by atoms with E-state index in [2.05, 4.69) is 22.6 Å². The Hall–Kier alpha value is -2.55. The standard InChI is InChI=1S/C21H23ClN4O3S/c1-3-12-30-15(2)17-13-16(4-5-18(17)22)14-24-8-10-25(11-9-24)21(29)26-7-6-19(23-26)20(27)28/h3-7,12-13H,2,8-11,14H2,1H3,(H,27,28)/b12-3-. The lowest BCUT2D eigenvalue weighted by Crippen LogP contribution is -2.49. The van der Waals surface area contributed by atoms with Crippen molar-refractivity contribution in [2.75, 3.05) is 26.2 Å². The average molecular weight is 447 g/mol. The Morgan fingerprint density at radius 3 is 2.63 bits per heavy atom. The molecule has 1 aliphatic heterocycles. The van der Waals surface area contributed by atoms with E-state index in [0.29, 0.717) is 31.2 Å². The van der Waals surface area contributed by atoms with Gasteiger partial charge in [-0.15, -0.1) is 0 Å². The molecule has 0 atom stereocenters. The summed E-state index contributed by atoms with van der Waals surface area (Å²) in [6.07, 6.45) is 3.34. The van der Waals surface area contributed by atoms with Crippen molar-refractivity contribution in [2.24, 2.45) is 0 Å². The molecule has 158 valence electrons. The number of nitrogens with zero attached hydrogens (tertiary/aromatic N) is 4. The molecule has 30 heavy (non-hydrogen) atoms. The summed E-state index contributed by atoms with van der Waals surface area (Å²) in [6.45, 7) is 9.33. The maximum Gasteiger partial charge on any atom is 0.356 e. The van der Waals surface area contributed by atoms with E-state index in [1.54, 1.807) is 16.7 Å². The van der Waals surface area contributed by atoms with Crippen LogP contribution < -0.4 is 0 Å². The van der Waals surface area contributed by atoms with Crippen molar-refractivity contribution in [3.8, 4) is 0 Å². The maximum absolute atomic E-state index is 12.5. The third kappa shape index (κ3) is 5.33. The van der Waals surface area contributed by atoms with Crippen molar-refractivity contribution in [1.29, 1.82) is 0 Å². The highest BCUT2D eigenvalue weighted by molar-refractivity contribution is 8.10. The Morgan fingerprint density at radius 1 is 1.27 bits per heavy atom. The van der Waals surface area contributed by atoms with E-state index in [0.717, 1.165) is 27.3 Å². The first-order valence-corrected chi connectivity index (χ1v) is 10.7. The monoisotopic (exact) mass is 446 g/mol. The summed E-state index contributed by atoms with van der Waals surface area (Å²) in [6, 6.07) is 6.97. The van der Waals surface area contributed by atoms with Gasteiger partial charge in [0, 0.05) is 54.4 Å². The van der Waals surface area contributed by atoms with E-state index in [1.807, 2.05) is 30.5 Å². The van der Waals surface area contributed by atoms with Crippen LogP contribution in [0.5, 0.6) is 0 Å². The van der Waals surface area contributed by atoms with Crippen molar-refractivity contribution in [2.45, 2.75) is 13.5 Å². The zero-order valence-corrected chi connectivity index (χ0v) is 18.2. The minimum absolute atomic E-state index is 0.144. The largest absolute Gasteiger partial charge is 0.476 e. The quantitative estimate of drug-likeness (QED) is 0.714. The number of allylic oxidation sites excluding steroid dienone is 1. The van der Waals surface area contributed by atoms with Gasteiger partial charge >= 0.3 is 12.0 Å². The van der Waals surface area contributed by atoms with Crippen LogP contribution in [0.25, 0.3) is 4.91 Å². The van der Waals surface area contributed by atoms with Crippen LogP contribution in [0, 0.1) is 0 Å². The SMILES string of the molecule is C=C(S/C=C\C)c1cc(CN2CCN(C(=O)n3ccc(C(=O)O)n3)CC2)ccc1Cl. The van der Waals surface area contributed by atoms with Crippen LogP contribution in [-0.2, 0) is 6.54 Å². The topological polar surface area (TPSA) is 78.7 Å². The molecule has 2 aromatic rings. The number of carbonyl (C=O) groups excluding carboxylic acids is 1. The van der Waals surface area contributed by atoms with Crippen LogP contribution in [0.3, 0.4) is 0 Å². The summed E-state index contributed by atoms with van der Waals surface area (Å²) in [4.78, 5) is 28.3. The molecule has 1 saturated heterocycles. The molecule has 1 aromatic heterocycles. The van der Waals surface area contributed by atoms with Crippen molar-refractivity contribution in [3.63, 3.8) is 0 Å². The predicted molar refractivity (Wildman–Crippen MR) is 120 cm³/mol. The molecule has 3 rings (SSSR count). The van der Waals surface area contributed by atoms with E-state index in [-0.39, 0.29) is 11.7 Å². The number of benzene rings is 1. The van der Waals surface area contributed by atoms with Crippen LogP contribution in [-0.4, -0.2) is 62.9 Å². The number of halogens is 1. The Kier molecular flexibility index (Phi) is 7.36. The Bertz CT molecular complexity index is 980. The summed E-state index contributed by atoms with van der Waals surface area (Å²) < 4.78 is 1.08. The summed E-state index contributed by atoms with van der Waals surface area (Å²) in [5.74, 6) is -1.15. The second-order valence-electron chi connectivity index (χ2n) is 6.82. The summed E-state index contributed by atoms with van der Waals surface area (Å²) >= 11 is 7.89. The Labute approximate surface area is 184 Å². The molecule has 1 amide bonds. The molecule has 0 saturated carbocycles. The van der Waals surface area contributed by atoms with Gasteiger partial charge in [0.2, 0.25) is 0 Å². The molecule has 9 heteroatoms. The number of amides is 1. The molecule has 1 fully saturated rings.